The monoisotopic (exact) mass is 343 g/mol. The largest absolute Gasteiger partial charge is 0.380 e. The fourth-order valence-electron chi connectivity index (χ4n) is 1.61. The van der Waals surface area contributed by atoms with E-state index in [1.807, 2.05) is 37.3 Å². The van der Waals surface area contributed by atoms with Gasteiger partial charge in [-0.2, -0.15) is 0 Å². The molecule has 0 aliphatic carbocycles. The van der Waals surface area contributed by atoms with Gasteiger partial charge in [-0.3, -0.25) is 0 Å². The van der Waals surface area contributed by atoms with E-state index in [0.29, 0.717) is 16.6 Å². The van der Waals surface area contributed by atoms with Crippen LogP contribution in [0.2, 0.25) is 10.0 Å². The lowest BCUT2D eigenvalue weighted by Gasteiger charge is -2.11. The van der Waals surface area contributed by atoms with Gasteiger partial charge < -0.3 is 5.32 Å². The van der Waals surface area contributed by atoms with Crippen LogP contribution < -0.4 is 5.32 Å². The zero-order chi connectivity index (χ0) is 13.1. The predicted molar refractivity (Wildman–Crippen MR) is 82.7 cm³/mol. The molecule has 0 bridgehead atoms. The molecule has 0 aliphatic heterocycles. The summed E-state index contributed by atoms with van der Waals surface area (Å²) >= 11 is 15.8. The Morgan fingerprint density at radius 3 is 2.56 bits per heavy atom. The van der Waals surface area contributed by atoms with Gasteiger partial charge in [-0.05, 0) is 36.2 Å². The molecule has 0 radical (unpaired) electrons. The second-order valence-electron chi connectivity index (χ2n) is 4.03. The number of anilines is 1. The number of benzene rings is 2. The lowest BCUT2D eigenvalue weighted by atomic mass is 10.2. The summed E-state index contributed by atoms with van der Waals surface area (Å²) in [6, 6.07) is 11.8. The molecule has 0 aliphatic rings. The number of rotatable bonds is 3. The number of halogens is 3. The van der Waals surface area contributed by atoms with Crippen molar-refractivity contribution in [3.8, 4) is 0 Å². The first-order valence-corrected chi connectivity index (χ1v) is 7.06. The van der Waals surface area contributed by atoms with Gasteiger partial charge in [0, 0.05) is 16.0 Å². The maximum absolute atomic E-state index is 6.17. The highest BCUT2D eigenvalue weighted by Crippen LogP contribution is 2.29. The molecule has 0 saturated carbocycles. The van der Waals surface area contributed by atoms with Crippen LogP contribution in [0, 0.1) is 6.92 Å². The van der Waals surface area contributed by atoms with Gasteiger partial charge in [-0.15, -0.1) is 0 Å². The summed E-state index contributed by atoms with van der Waals surface area (Å²) in [4.78, 5) is 0. The molecule has 4 heteroatoms. The van der Waals surface area contributed by atoms with Crippen molar-refractivity contribution in [2.24, 2.45) is 0 Å². The minimum Gasteiger partial charge on any atom is -0.380 e. The molecule has 0 atom stereocenters. The van der Waals surface area contributed by atoms with Crippen molar-refractivity contribution in [2.45, 2.75) is 13.5 Å². The molecule has 1 N–H and O–H groups in total. The van der Waals surface area contributed by atoms with Crippen LogP contribution in [0.4, 0.5) is 5.69 Å². The number of hydrogen-bond acceptors (Lipinski definition) is 1. The highest BCUT2D eigenvalue weighted by Gasteiger charge is 2.05. The Bertz CT molecular complexity index is 570. The molecule has 0 fully saturated rings. The summed E-state index contributed by atoms with van der Waals surface area (Å²) in [5.41, 5.74) is 3.00. The molecule has 0 heterocycles. The molecule has 0 saturated heterocycles. The minimum absolute atomic E-state index is 0.684. The van der Waals surface area contributed by atoms with Gasteiger partial charge in [0.2, 0.25) is 0 Å². The van der Waals surface area contributed by atoms with Crippen molar-refractivity contribution < 1.29 is 0 Å². The molecule has 94 valence electrons. The topological polar surface area (TPSA) is 12.0 Å². The summed E-state index contributed by atoms with van der Waals surface area (Å²) in [6.07, 6.45) is 0. The van der Waals surface area contributed by atoms with Gasteiger partial charge in [0.15, 0.2) is 0 Å². The smallest absolute Gasteiger partial charge is 0.0641 e. The molecule has 0 spiro atoms. The third-order valence-electron chi connectivity index (χ3n) is 2.68. The van der Waals surface area contributed by atoms with Gasteiger partial charge in [-0.25, -0.2) is 0 Å². The van der Waals surface area contributed by atoms with E-state index in [4.69, 9.17) is 23.2 Å². The average molecular weight is 345 g/mol. The van der Waals surface area contributed by atoms with Crippen LogP contribution >= 0.6 is 39.1 Å². The maximum atomic E-state index is 6.17. The Labute approximate surface area is 125 Å². The van der Waals surface area contributed by atoms with Crippen molar-refractivity contribution in [1.82, 2.24) is 0 Å². The molecule has 2 rings (SSSR count). The fourth-order valence-corrected chi connectivity index (χ4v) is 2.49. The second kappa shape index (κ2) is 5.96. The van der Waals surface area contributed by atoms with Gasteiger partial charge in [0.05, 0.1) is 10.7 Å². The Kier molecular flexibility index (Phi) is 4.55. The van der Waals surface area contributed by atoms with E-state index < -0.39 is 0 Å². The Hall–Kier alpha value is -0.700. The van der Waals surface area contributed by atoms with Crippen LogP contribution in [-0.2, 0) is 6.54 Å². The SMILES string of the molecule is Cc1cc(Cl)c(NCc2ccccc2Br)cc1Cl. The van der Waals surface area contributed by atoms with E-state index in [-0.39, 0.29) is 0 Å². The van der Waals surface area contributed by atoms with Crippen LogP contribution in [0.25, 0.3) is 0 Å². The lowest BCUT2D eigenvalue weighted by molar-refractivity contribution is 1.14. The van der Waals surface area contributed by atoms with Crippen molar-refractivity contribution in [3.05, 3.63) is 62.0 Å². The van der Waals surface area contributed by atoms with E-state index in [0.717, 1.165) is 15.7 Å². The standard InChI is InChI=1S/C14H12BrCl2N/c1-9-6-13(17)14(7-12(9)16)18-8-10-4-2-3-5-11(10)15/h2-7,18H,8H2,1H3. The summed E-state index contributed by atoms with van der Waals surface area (Å²) in [6.45, 7) is 2.63. The van der Waals surface area contributed by atoms with Crippen molar-refractivity contribution in [1.29, 1.82) is 0 Å². The van der Waals surface area contributed by atoms with Crippen LogP contribution in [0.15, 0.2) is 40.9 Å². The van der Waals surface area contributed by atoms with Gasteiger partial charge in [-0.1, -0.05) is 57.3 Å². The molecule has 18 heavy (non-hydrogen) atoms. The lowest BCUT2D eigenvalue weighted by Crippen LogP contribution is -2.01. The number of hydrogen-bond donors (Lipinski definition) is 1. The molecule has 2 aromatic rings. The number of nitrogens with one attached hydrogen (secondary N) is 1. The van der Waals surface area contributed by atoms with Crippen molar-refractivity contribution in [2.75, 3.05) is 5.32 Å². The summed E-state index contributed by atoms with van der Waals surface area (Å²) < 4.78 is 1.08. The first kappa shape index (κ1) is 13.7. The van der Waals surface area contributed by atoms with E-state index in [2.05, 4.69) is 27.3 Å². The van der Waals surface area contributed by atoms with Gasteiger partial charge in [0.25, 0.3) is 0 Å². The highest BCUT2D eigenvalue weighted by atomic mass is 79.9. The molecular weight excluding hydrogens is 333 g/mol. The third-order valence-corrected chi connectivity index (χ3v) is 4.17. The Morgan fingerprint density at radius 1 is 1.11 bits per heavy atom. The summed E-state index contributed by atoms with van der Waals surface area (Å²) in [5.74, 6) is 0. The zero-order valence-electron chi connectivity index (χ0n) is 9.81. The van der Waals surface area contributed by atoms with Crippen LogP contribution in [0.5, 0.6) is 0 Å². The van der Waals surface area contributed by atoms with E-state index >= 15 is 0 Å². The maximum Gasteiger partial charge on any atom is 0.0641 e. The molecule has 1 nitrogen and oxygen atoms in total. The van der Waals surface area contributed by atoms with Crippen LogP contribution in [-0.4, -0.2) is 0 Å². The van der Waals surface area contributed by atoms with Crippen LogP contribution in [0.3, 0.4) is 0 Å². The second-order valence-corrected chi connectivity index (χ2v) is 5.69. The summed E-state index contributed by atoms with van der Waals surface area (Å²) in [5, 5.41) is 4.69. The molecule has 0 aromatic heterocycles. The average Bonchev–Trinajstić information content (AvgIpc) is 2.34. The molecule has 2 aromatic carbocycles. The number of aryl methyl sites for hydroxylation is 1. The third kappa shape index (κ3) is 3.19. The quantitative estimate of drug-likeness (QED) is 0.755. The first-order valence-electron chi connectivity index (χ1n) is 5.51. The van der Waals surface area contributed by atoms with E-state index in [1.165, 1.54) is 5.56 Å². The van der Waals surface area contributed by atoms with Gasteiger partial charge >= 0.3 is 0 Å². The highest BCUT2D eigenvalue weighted by molar-refractivity contribution is 9.10. The van der Waals surface area contributed by atoms with E-state index in [9.17, 15) is 0 Å². The van der Waals surface area contributed by atoms with Crippen molar-refractivity contribution in [3.63, 3.8) is 0 Å². The normalized spacial score (nSPS) is 10.4. The fraction of sp³-hybridized carbons (Fsp3) is 0.143. The van der Waals surface area contributed by atoms with Crippen LogP contribution in [0.1, 0.15) is 11.1 Å². The Balaban J connectivity index is 2.16. The zero-order valence-corrected chi connectivity index (χ0v) is 12.9. The van der Waals surface area contributed by atoms with Crippen molar-refractivity contribution >= 4 is 44.8 Å². The van der Waals surface area contributed by atoms with Gasteiger partial charge in [0.1, 0.15) is 0 Å². The summed E-state index contributed by atoms with van der Waals surface area (Å²) in [7, 11) is 0. The first-order chi connectivity index (χ1) is 8.58. The molecule has 0 amide bonds. The molecule has 0 unspecified atom stereocenters. The molecular formula is C14H12BrCl2N. The Morgan fingerprint density at radius 2 is 1.83 bits per heavy atom. The minimum atomic E-state index is 0.684. The predicted octanol–water partition coefficient (Wildman–Crippen LogP) is 5.68. The van der Waals surface area contributed by atoms with E-state index in [1.54, 1.807) is 0 Å².